The zero-order valence-corrected chi connectivity index (χ0v) is 62.2. The van der Waals surface area contributed by atoms with Crippen LogP contribution in [0.3, 0.4) is 0 Å². The second kappa shape index (κ2) is 53.0. The Bertz CT molecular complexity index is 1490. The number of unbranched alkanes of at least 4 members (excludes halogenated alkanes) is 14. The van der Waals surface area contributed by atoms with Crippen molar-refractivity contribution in [3.63, 3.8) is 0 Å². The van der Waals surface area contributed by atoms with Gasteiger partial charge in [0.05, 0.1) is 0 Å². The molecule has 0 radical (unpaired) electrons. The fourth-order valence-electron chi connectivity index (χ4n) is 8.31. The van der Waals surface area contributed by atoms with Gasteiger partial charge >= 0.3 is 31.2 Å². The second-order valence-electron chi connectivity index (χ2n) is 32.2. The molecular formula is C70H137BO14Zr. The zero-order valence-electron chi connectivity index (χ0n) is 59.7. The van der Waals surface area contributed by atoms with Crippen molar-refractivity contribution in [2.75, 3.05) is 0 Å². The molecule has 0 aliphatic rings. The van der Waals surface area contributed by atoms with Gasteiger partial charge in [-0.05, 0) is 128 Å². The van der Waals surface area contributed by atoms with Crippen molar-refractivity contribution >= 4 is 49.1 Å². The van der Waals surface area contributed by atoms with Gasteiger partial charge in [0.15, 0.2) is 0 Å². The third-order valence-corrected chi connectivity index (χ3v) is 13.4. The van der Waals surface area contributed by atoms with E-state index < -0.39 is 49.1 Å². The maximum atomic E-state index is 12.4. The zero-order chi connectivity index (χ0) is 67.0. The molecule has 0 fully saturated rings. The summed E-state index contributed by atoms with van der Waals surface area (Å²) < 4.78 is 15.8. The number of rotatable bonds is 38. The molecule has 0 heterocycles. The number of hydrogen-bond acceptors (Lipinski definition) is 10. The average molecular weight is 1300 g/mol. The molecule has 0 unspecified atom stereocenters. The van der Waals surface area contributed by atoms with Crippen LogP contribution in [0.2, 0.25) is 0 Å². The first-order valence-electron chi connectivity index (χ1n) is 33.1. The number of hydrogen-bond donors (Lipinski definition) is 4. The van der Waals surface area contributed by atoms with Gasteiger partial charge in [-0.3, -0.25) is 33.6 Å². The molecule has 4 N–H and O–H groups in total. The molecule has 0 aromatic heterocycles. The summed E-state index contributed by atoms with van der Waals surface area (Å²) in [5.41, 5.74) is 2.38. The Morgan fingerprint density at radius 2 is 0.360 bits per heavy atom. The van der Waals surface area contributed by atoms with Crippen molar-refractivity contribution in [1.82, 2.24) is 0 Å². The van der Waals surface area contributed by atoms with Gasteiger partial charge in [-0.2, -0.15) is 0 Å². The fraction of sp³-hybridized carbons (Fsp3) is 0.900. The molecule has 0 saturated heterocycles. The van der Waals surface area contributed by atoms with Gasteiger partial charge in [-0.1, -0.05) is 235 Å². The van der Waals surface area contributed by atoms with Gasteiger partial charge in [-0.15, -0.1) is 0 Å². The molecule has 0 aliphatic carbocycles. The molecule has 0 aromatic carbocycles. The van der Waals surface area contributed by atoms with Gasteiger partial charge in [0.1, 0.15) is 0 Å². The van der Waals surface area contributed by atoms with E-state index in [2.05, 4.69) is 145 Å². The molecule has 0 saturated carbocycles. The van der Waals surface area contributed by atoms with E-state index in [-0.39, 0.29) is 61.7 Å². The van der Waals surface area contributed by atoms with E-state index >= 15 is 0 Å². The van der Waals surface area contributed by atoms with Crippen LogP contribution in [0.5, 0.6) is 0 Å². The molecule has 0 aliphatic heterocycles. The van der Waals surface area contributed by atoms with Crippen LogP contribution in [-0.2, 0) is 73.7 Å². The number of carboxylic acid groups (broad SMARTS) is 4. The smallest absolute Gasteiger partial charge is 0.481 e. The molecule has 86 heavy (non-hydrogen) atoms. The van der Waals surface area contributed by atoms with Gasteiger partial charge in [0.25, 0.3) is 17.9 Å². The normalized spacial score (nSPS) is 11.7. The summed E-state index contributed by atoms with van der Waals surface area (Å²) in [4.78, 5) is 77.7. The van der Waals surface area contributed by atoms with Gasteiger partial charge in [0, 0.05) is 71.1 Å². The Morgan fingerprint density at radius 3 is 0.477 bits per heavy atom. The van der Waals surface area contributed by atoms with E-state index in [1.165, 1.54) is 25.7 Å². The monoisotopic (exact) mass is 1300 g/mol. The average Bonchev–Trinajstić information content (AvgIpc) is 3.28. The molecule has 508 valence electrons. The van der Waals surface area contributed by atoms with Crippen LogP contribution in [0.15, 0.2) is 0 Å². The molecule has 14 nitrogen and oxygen atoms in total. The summed E-state index contributed by atoms with van der Waals surface area (Å²) in [5, 5.41) is 33.5. The third kappa shape index (κ3) is 100. The van der Waals surface area contributed by atoms with Crippen molar-refractivity contribution in [1.29, 1.82) is 0 Å². The molecule has 16 heteroatoms. The molecular weight excluding hydrogens is 1170 g/mol. The largest absolute Gasteiger partial charge is 0.870 e. The SMILES string of the molecule is CC(C)(C)CCCCCC(=O)O.CC(C)(C)CCCCCC(=O)O.CC(C)(C)CCCCCC(=O)O.CC(C)(C)CCCCCC(=O)O.CC(C)(C)CCCCCC(=O)OB(OC(=O)CCCCCC(C)(C)C)OC(=O)CCCCCC(C)(C)C.[Zr]. The molecule has 0 amide bonds. The van der Waals surface area contributed by atoms with Crippen molar-refractivity contribution in [3.8, 4) is 0 Å². The summed E-state index contributed by atoms with van der Waals surface area (Å²) in [5.74, 6) is -4.25. The van der Waals surface area contributed by atoms with Crippen LogP contribution < -0.4 is 0 Å². The van der Waals surface area contributed by atoms with E-state index in [9.17, 15) is 33.6 Å². The molecule has 0 bridgehead atoms. The van der Waals surface area contributed by atoms with Crippen LogP contribution in [0, 0.1) is 37.9 Å². The molecule has 0 rings (SSSR count). The van der Waals surface area contributed by atoms with E-state index in [4.69, 9.17) is 34.4 Å². The Balaban J connectivity index is -0.000000266. The van der Waals surface area contributed by atoms with Gasteiger partial charge < -0.3 is 34.4 Å². The minimum atomic E-state index is -1.61. The summed E-state index contributed by atoms with van der Waals surface area (Å²) >= 11 is 0. The number of aliphatic carboxylic acids is 4. The van der Waals surface area contributed by atoms with Gasteiger partial charge in [0.2, 0.25) is 0 Å². The van der Waals surface area contributed by atoms with E-state index in [1.807, 2.05) is 0 Å². The quantitative estimate of drug-likeness (QED) is 0.0333. The minimum Gasteiger partial charge on any atom is -0.481 e. The third-order valence-electron chi connectivity index (χ3n) is 13.4. The predicted octanol–water partition coefficient (Wildman–Crippen LogP) is 20.9. The molecule has 0 spiro atoms. The van der Waals surface area contributed by atoms with Crippen LogP contribution in [0.4, 0.5) is 0 Å². The fourth-order valence-corrected chi connectivity index (χ4v) is 8.31. The molecule has 0 atom stereocenters. The molecule has 0 aromatic rings. The second-order valence-corrected chi connectivity index (χ2v) is 32.2. The van der Waals surface area contributed by atoms with Gasteiger partial charge in [-0.25, -0.2) is 0 Å². The van der Waals surface area contributed by atoms with Crippen molar-refractivity contribution in [2.45, 2.75) is 370 Å². The Labute approximate surface area is 548 Å². The van der Waals surface area contributed by atoms with Crippen LogP contribution >= 0.6 is 0 Å². The van der Waals surface area contributed by atoms with Crippen LogP contribution in [-0.4, -0.2) is 69.5 Å². The standard InChI is InChI=1S/C30H57BO6.4C10H20O2.Zr/c1-28(2,3)22-16-10-13-19-25(32)35-31(36-26(33)20-14-11-17-23-29(4,5)6)37-27(34)21-15-12-18-24-30(7,8)9;4*1-10(2,3)8-6-4-5-7-9(11)12;/h10-24H2,1-9H3;4*4-8H2,1-3H3,(H,11,12);. The summed E-state index contributed by atoms with van der Waals surface area (Å²) in [6, 6.07) is 0. The van der Waals surface area contributed by atoms with E-state index in [1.54, 1.807) is 0 Å². The summed E-state index contributed by atoms with van der Waals surface area (Å²) in [6.07, 6.45) is 29.9. The minimum absolute atomic E-state index is 0. The topological polar surface area (TPSA) is 228 Å². The number of carbonyl (C=O) groups is 7. The first-order chi connectivity index (χ1) is 38.6. The van der Waals surface area contributed by atoms with Crippen molar-refractivity contribution < 1.29 is 94.2 Å². The van der Waals surface area contributed by atoms with Crippen LogP contribution in [0.25, 0.3) is 0 Å². The predicted molar refractivity (Wildman–Crippen MR) is 352 cm³/mol. The summed E-state index contributed by atoms with van der Waals surface area (Å²) in [6.45, 7) is 46.3. The Hall–Kier alpha value is -2.76. The van der Waals surface area contributed by atoms with Crippen molar-refractivity contribution in [2.24, 2.45) is 37.9 Å². The van der Waals surface area contributed by atoms with E-state index in [0.29, 0.717) is 66.6 Å². The number of carbonyl (C=O) groups excluding carboxylic acids is 3. The summed E-state index contributed by atoms with van der Waals surface area (Å²) in [7, 11) is -1.61. The van der Waals surface area contributed by atoms with Crippen LogP contribution in [0.1, 0.15) is 370 Å². The Morgan fingerprint density at radius 1 is 0.233 bits per heavy atom. The first-order valence-corrected chi connectivity index (χ1v) is 33.1. The Kier molecular flexibility index (Phi) is 58.1. The maximum Gasteiger partial charge on any atom is 0.870 e. The van der Waals surface area contributed by atoms with E-state index in [0.717, 1.165) is 135 Å². The maximum absolute atomic E-state index is 12.4. The number of carboxylic acids is 4. The van der Waals surface area contributed by atoms with Crippen molar-refractivity contribution in [3.05, 3.63) is 0 Å². The first kappa shape index (κ1) is 94.4.